The number of carbonyl (C=O) groups is 1. The van der Waals surface area contributed by atoms with Crippen LogP contribution in [0.3, 0.4) is 0 Å². The van der Waals surface area contributed by atoms with Gasteiger partial charge in [-0.3, -0.25) is 4.79 Å². The fraction of sp³-hybridized carbons (Fsp3) is 0.417. The summed E-state index contributed by atoms with van der Waals surface area (Å²) in [6.07, 6.45) is 0.177. The third-order valence-electron chi connectivity index (χ3n) is 2.03. The monoisotopic (exact) mass is 208 g/mol. The minimum absolute atomic E-state index is 0.111. The van der Waals surface area contributed by atoms with Crippen molar-refractivity contribution >= 4 is 5.78 Å². The van der Waals surface area contributed by atoms with Gasteiger partial charge < -0.3 is 9.47 Å². The lowest BCUT2D eigenvalue weighted by Crippen LogP contribution is -2.10. The molecule has 1 atom stereocenters. The third kappa shape index (κ3) is 4.23. The highest BCUT2D eigenvalue weighted by atomic mass is 16.7. The summed E-state index contributed by atoms with van der Waals surface area (Å²) in [4.78, 5) is 11.1. The molecule has 3 nitrogen and oxygen atoms in total. The number of carbonyl (C=O) groups excluding carboxylic acids is 1. The average molecular weight is 208 g/mol. The average Bonchev–Trinajstić information content (AvgIpc) is 2.25. The predicted molar refractivity (Wildman–Crippen MR) is 57.4 cm³/mol. The van der Waals surface area contributed by atoms with Crippen molar-refractivity contribution in [3.63, 3.8) is 0 Å². The first kappa shape index (κ1) is 11.9. The van der Waals surface area contributed by atoms with Crippen LogP contribution in [0.1, 0.15) is 25.0 Å². The van der Waals surface area contributed by atoms with E-state index in [1.165, 1.54) is 0 Å². The summed E-state index contributed by atoms with van der Waals surface area (Å²) in [5, 5.41) is 0. The Morgan fingerprint density at radius 1 is 1.33 bits per heavy atom. The Hall–Kier alpha value is -1.19. The second kappa shape index (κ2) is 6.32. The topological polar surface area (TPSA) is 35.5 Å². The highest BCUT2D eigenvalue weighted by Crippen LogP contribution is 2.20. The number of rotatable bonds is 6. The van der Waals surface area contributed by atoms with E-state index in [-0.39, 0.29) is 18.7 Å². The van der Waals surface area contributed by atoms with E-state index in [1.807, 2.05) is 30.3 Å². The summed E-state index contributed by atoms with van der Waals surface area (Å²) in [5.74, 6) is 0.111. The molecular weight excluding hydrogens is 192 g/mol. The van der Waals surface area contributed by atoms with Crippen LogP contribution < -0.4 is 0 Å². The van der Waals surface area contributed by atoms with E-state index in [9.17, 15) is 4.79 Å². The van der Waals surface area contributed by atoms with E-state index in [4.69, 9.17) is 9.47 Å². The normalized spacial score (nSPS) is 12.4. The Balaban J connectivity index is 2.67. The molecule has 0 bridgehead atoms. The highest BCUT2D eigenvalue weighted by molar-refractivity contribution is 5.76. The molecule has 1 aromatic carbocycles. The SMILES string of the molecule is COCO[C@@H](CC(C)=O)c1ccccc1. The molecule has 1 rings (SSSR count). The van der Waals surface area contributed by atoms with Gasteiger partial charge in [-0.25, -0.2) is 0 Å². The van der Waals surface area contributed by atoms with Gasteiger partial charge in [-0.05, 0) is 12.5 Å². The van der Waals surface area contributed by atoms with Gasteiger partial charge in [0.25, 0.3) is 0 Å². The van der Waals surface area contributed by atoms with Crippen LogP contribution in [0, 0.1) is 0 Å². The van der Waals surface area contributed by atoms with Crippen molar-refractivity contribution in [2.24, 2.45) is 0 Å². The van der Waals surface area contributed by atoms with E-state index in [2.05, 4.69) is 0 Å². The van der Waals surface area contributed by atoms with E-state index < -0.39 is 0 Å². The van der Waals surface area contributed by atoms with Crippen LogP contribution in [-0.2, 0) is 14.3 Å². The lowest BCUT2D eigenvalue weighted by Gasteiger charge is -2.16. The minimum Gasteiger partial charge on any atom is -0.359 e. The maximum Gasteiger partial charge on any atom is 0.147 e. The number of hydrogen-bond acceptors (Lipinski definition) is 3. The highest BCUT2D eigenvalue weighted by Gasteiger charge is 2.13. The molecule has 0 unspecified atom stereocenters. The van der Waals surface area contributed by atoms with Crippen LogP contribution in [0.15, 0.2) is 30.3 Å². The quantitative estimate of drug-likeness (QED) is 0.673. The maximum atomic E-state index is 11.1. The Kier molecular flexibility index (Phi) is 5.01. The molecule has 0 fully saturated rings. The number of Topliss-reactive ketones (excluding diaryl/α,β-unsaturated/α-hetero) is 1. The number of benzene rings is 1. The molecule has 0 amide bonds. The zero-order valence-corrected chi connectivity index (χ0v) is 9.10. The fourth-order valence-corrected chi connectivity index (χ4v) is 1.35. The second-order valence-corrected chi connectivity index (χ2v) is 3.38. The second-order valence-electron chi connectivity index (χ2n) is 3.38. The van der Waals surface area contributed by atoms with Gasteiger partial charge in [0.1, 0.15) is 12.6 Å². The van der Waals surface area contributed by atoms with Crippen LogP contribution in [-0.4, -0.2) is 19.7 Å². The van der Waals surface area contributed by atoms with E-state index >= 15 is 0 Å². The van der Waals surface area contributed by atoms with Crippen molar-refractivity contribution in [1.82, 2.24) is 0 Å². The zero-order chi connectivity index (χ0) is 11.1. The lowest BCUT2D eigenvalue weighted by molar-refractivity contribution is -0.124. The van der Waals surface area contributed by atoms with Gasteiger partial charge in [-0.2, -0.15) is 0 Å². The Morgan fingerprint density at radius 3 is 2.53 bits per heavy atom. The van der Waals surface area contributed by atoms with Crippen LogP contribution >= 0.6 is 0 Å². The summed E-state index contributed by atoms with van der Waals surface area (Å²) in [6, 6.07) is 9.69. The maximum absolute atomic E-state index is 11.1. The van der Waals surface area contributed by atoms with Gasteiger partial charge in [-0.15, -0.1) is 0 Å². The van der Waals surface area contributed by atoms with Crippen LogP contribution in [0.4, 0.5) is 0 Å². The molecule has 0 aliphatic carbocycles. The molecule has 0 aliphatic rings. The van der Waals surface area contributed by atoms with Crippen LogP contribution in [0.25, 0.3) is 0 Å². The molecule has 0 aromatic heterocycles. The van der Waals surface area contributed by atoms with Crippen LogP contribution in [0.5, 0.6) is 0 Å². The molecule has 0 aliphatic heterocycles. The smallest absolute Gasteiger partial charge is 0.147 e. The fourth-order valence-electron chi connectivity index (χ4n) is 1.35. The van der Waals surface area contributed by atoms with Crippen molar-refractivity contribution < 1.29 is 14.3 Å². The van der Waals surface area contributed by atoms with E-state index in [0.717, 1.165) is 5.56 Å². The molecule has 82 valence electrons. The van der Waals surface area contributed by atoms with Gasteiger partial charge in [0.15, 0.2) is 0 Å². The van der Waals surface area contributed by atoms with Gasteiger partial charge in [0.2, 0.25) is 0 Å². The van der Waals surface area contributed by atoms with Gasteiger partial charge in [-0.1, -0.05) is 30.3 Å². The summed E-state index contributed by atoms with van der Waals surface area (Å²) in [7, 11) is 1.57. The summed E-state index contributed by atoms with van der Waals surface area (Å²) >= 11 is 0. The Bertz CT molecular complexity index is 295. The van der Waals surface area contributed by atoms with Gasteiger partial charge in [0, 0.05) is 13.5 Å². The van der Waals surface area contributed by atoms with Gasteiger partial charge >= 0.3 is 0 Å². The standard InChI is InChI=1S/C12H16O3/c1-10(13)8-12(15-9-14-2)11-6-4-3-5-7-11/h3-7,12H,8-9H2,1-2H3/t12-/m0/s1. The van der Waals surface area contributed by atoms with Gasteiger partial charge in [0.05, 0.1) is 6.10 Å². The lowest BCUT2D eigenvalue weighted by atomic mass is 10.1. The zero-order valence-electron chi connectivity index (χ0n) is 9.10. The first-order chi connectivity index (χ1) is 7.24. The molecule has 0 N–H and O–H groups in total. The largest absolute Gasteiger partial charge is 0.359 e. The third-order valence-corrected chi connectivity index (χ3v) is 2.03. The van der Waals surface area contributed by atoms with E-state index in [1.54, 1.807) is 14.0 Å². The number of ketones is 1. The molecular formula is C12H16O3. The van der Waals surface area contributed by atoms with Crippen LogP contribution in [0.2, 0.25) is 0 Å². The first-order valence-electron chi connectivity index (χ1n) is 4.89. The first-order valence-corrected chi connectivity index (χ1v) is 4.89. The Labute approximate surface area is 90.0 Å². The molecule has 1 aromatic rings. The summed E-state index contributed by atoms with van der Waals surface area (Å²) < 4.78 is 10.3. The molecule has 0 radical (unpaired) electrons. The van der Waals surface area contributed by atoms with E-state index in [0.29, 0.717) is 6.42 Å². The number of methoxy groups -OCH3 is 1. The Morgan fingerprint density at radius 2 is 2.00 bits per heavy atom. The number of hydrogen-bond donors (Lipinski definition) is 0. The number of ether oxygens (including phenoxy) is 2. The molecule has 3 heteroatoms. The summed E-state index contributed by atoms with van der Waals surface area (Å²) in [6.45, 7) is 1.76. The molecule has 0 saturated carbocycles. The molecule has 15 heavy (non-hydrogen) atoms. The van der Waals surface area contributed by atoms with Crippen molar-refractivity contribution in [3.8, 4) is 0 Å². The predicted octanol–water partition coefficient (Wildman–Crippen LogP) is 2.33. The van der Waals surface area contributed by atoms with Crippen molar-refractivity contribution in [3.05, 3.63) is 35.9 Å². The molecule has 0 saturated heterocycles. The summed E-state index contributed by atoms with van der Waals surface area (Å²) in [5.41, 5.74) is 1.00. The minimum atomic E-state index is -0.205. The van der Waals surface area contributed by atoms with Crippen molar-refractivity contribution in [1.29, 1.82) is 0 Å². The molecule has 0 spiro atoms. The van der Waals surface area contributed by atoms with Crippen molar-refractivity contribution in [2.75, 3.05) is 13.9 Å². The molecule has 0 heterocycles. The van der Waals surface area contributed by atoms with Crippen molar-refractivity contribution in [2.45, 2.75) is 19.4 Å².